The van der Waals surface area contributed by atoms with Gasteiger partial charge in [0.1, 0.15) is 0 Å². The summed E-state index contributed by atoms with van der Waals surface area (Å²) in [6, 6.07) is 17.9. The zero-order chi connectivity index (χ0) is 24.5. The Morgan fingerprint density at radius 2 is 2.00 bits per heavy atom. The van der Waals surface area contributed by atoms with Gasteiger partial charge in [-0.2, -0.15) is 0 Å². The second kappa shape index (κ2) is 9.69. The molecule has 0 radical (unpaired) electrons. The average Bonchev–Trinajstić information content (AvgIpc) is 3.36. The molecule has 2 heterocycles. The minimum Gasteiger partial charge on any atom is -0.493 e. The molecule has 5 aromatic rings. The first-order valence-corrected chi connectivity index (χ1v) is 12.4. The quantitative estimate of drug-likeness (QED) is 0.314. The highest BCUT2D eigenvalue weighted by molar-refractivity contribution is 9.10. The van der Waals surface area contributed by atoms with Crippen LogP contribution in [-0.4, -0.2) is 29.0 Å². The number of nitrogens with zero attached hydrogens (tertiary/aromatic N) is 2. The molecule has 1 N–H and O–H groups in total. The highest BCUT2D eigenvalue weighted by Gasteiger charge is 2.12. The zero-order valence-electron chi connectivity index (χ0n) is 18.2. The Balaban J connectivity index is 1.35. The van der Waals surface area contributed by atoms with Crippen LogP contribution in [0.25, 0.3) is 22.1 Å². The van der Waals surface area contributed by atoms with E-state index in [1.807, 2.05) is 24.3 Å². The lowest BCUT2D eigenvalue weighted by molar-refractivity contribution is -0.118. The number of anilines is 1. The lowest BCUT2D eigenvalue weighted by Gasteiger charge is -2.12. The summed E-state index contributed by atoms with van der Waals surface area (Å²) in [7, 11) is 1.51. The fraction of sp³-hybridized carbons (Fsp3) is 0.0800. The first-order chi connectivity index (χ1) is 16.9. The Morgan fingerprint density at radius 1 is 1.17 bits per heavy atom. The van der Waals surface area contributed by atoms with E-state index in [2.05, 4.69) is 26.2 Å². The van der Waals surface area contributed by atoms with Gasteiger partial charge in [-0.15, -0.1) is 0 Å². The highest BCUT2D eigenvalue weighted by Crippen LogP contribution is 2.29. The van der Waals surface area contributed by atoms with Crippen LogP contribution < -0.4 is 24.9 Å². The lowest BCUT2D eigenvalue weighted by Crippen LogP contribution is -2.22. The number of hydrogen-bond donors (Lipinski definition) is 1. The summed E-state index contributed by atoms with van der Waals surface area (Å²) < 4.78 is 14.0. The molecule has 0 aliphatic heterocycles. The number of benzene rings is 3. The normalized spacial score (nSPS) is 11.8. The van der Waals surface area contributed by atoms with Crippen molar-refractivity contribution >= 4 is 72.5 Å². The van der Waals surface area contributed by atoms with Gasteiger partial charge in [0.15, 0.2) is 23.1 Å². The van der Waals surface area contributed by atoms with Crippen molar-refractivity contribution < 1.29 is 14.3 Å². The molecule has 0 saturated heterocycles. The van der Waals surface area contributed by atoms with Crippen LogP contribution in [0.1, 0.15) is 5.56 Å². The number of rotatable bonds is 6. The number of aromatic nitrogens is 2. The van der Waals surface area contributed by atoms with E-state index in [1.54, 1.807) is 46.9 Å². The second-order valence-electron chi connectivity index (χ2n) is 7.51. The van der Waals surface area contributed by atoms with Crippen molar-refractivity contribution in [3.63, 3.8) is 0 Å². The van der Waals surface area contributed by atoms with Gasteiger partial charge in [0, 0.05) is 10.2 Å². The molecule has 2 aromatic heterocycles. The molecule has 0 spiro atoms. The van der Waals surface area contributed by atoms with Gasteiger partial charge >= 0.3 is 0 Å². The summed E-state index contributed by atoms with van der Waals surface area (Å²) in [5, 5.41) is 3.22. The van der Waals surface area contributed by atoms with Crippen molar-refractivity contribution in [3.8, 4) is 11.5 Å². The smallest absolute Gasteiger partial charge is 0.274 e. The van der Waals surface area contributed by atoms with Crippen molar-refractivity contribution in [2.75, 3.05) is 19.0 Å². The number of carbonyl (C=O) groups is 1. The molecule has 3 aromatic carbocycles. The monoisotopic (exact) mass is 569 g/mol. The molecule has 0 unspecified atom stereocenters. The maximum absolute atomic E-state index is 13.0. The number of ether oxygens (including phenoxy) is 2. The first-order valence-electron chi connectivity index (χ1n) is 10.4. The predicted octanol–water partition coefficient (Wildman–Crippen LogP) is 4.90. The third kappa shape index (κ3) is 4.75. The number of para-hydroxylation sites is 2. The second-order valence-corrected chi connectivity index (χ2v) is 9.78. The Kier molecular flexibility index (Phi) is 6.46. The van der Waals surface area contributed by atoms with E-state index >= 15 is 0 Å². The predicted molar refractivity (Wildman–Crippen MR) is 142 cm³/mol. The summed E-state index contributed by atoms with van der Waals surface area (Å²) in [6.45, 7) is -0.215. The molecule has 0 aliphatic rings. The van der Waals surface area contributed by atoms with Gasteiger partial charge in [0.25, 0.3) is 11.5 Å². The number of nitrogens with one attached hydrogen (secondary N) is 1. The number of methoxy groups -OCH3 is 1. The Hall–Kier alpha value is -3.40. The fourth-order valence-electron chi connectivity index (χ4n) is 3.57. The molecule has 10 heteroatoms. The van der Waals surface area contributed by atoms with E-state index < -0.39 is 0 Å². The molecule has 0 aliphatic carbocycles. The zero-order valence-corrected chi connectivity index (χ0v) is 21.4. The van der Waals surface area contributed by atoms with Crippen molar-refractivity contribution in [1.82, 2.24) is 9.38 Å². The Morgan fingerprint density at radius 3 is 2.80 bits per heavy atom. The van der Waals surface area contributed by atoms with Gasteiger partial charge < -0.3 is 14.8 Å². The molecule has 0 atom stereocenters. The van der Waals surface area contributed by atoms with Crippen LogP contribution >= 0.6 is 38.9 Å². The molecular weight excluding hydrogens is 554 g/mol. The molecule has 5 rings (SSSR count). The van der Waals surface area contributed by atoms with Crippen LogP contribution in [-0.2, 0) is 4.79 Å². The third-order valence-electron chi connectivity index (χ3n) is 5.19. The van der Waals surface area contributed by atoms with Crippen molar-refractivity contribution in [2.45, 2.75) is 0 Å². The van der Waals surface area contributed by atoms with Crippen LogP contribution in [0.5, 0.6) is 11.5 Å². The first kappa shape index (κ1) is 23.3. The van der Waals surface area contributed by atoms with Gasteiger partial charge in [-0.05, 0) is 70.0 Å². The van der Waals surface area contributed by atoms with Gasteiger partial charge in [0.05, 0.1) is 27.7 Å². The minimum atomic E-state index is -0.341. The number of halogens is 2. The van der Waals surface area contributed by atoms with E-state index in [4.69, 9.17) is 21.1 Å². The average molecular weight is 571 g/mol. The summed E-state index contributed by atoms with van der Waals surface area (Å²) in [5.41, 5.74) is 2.77. The lowest BCUT2D eigenvalue weighted by atomic mass is 10.2. The number of hydrogen-bond acceptors (Lipinski definition) is 6. The maximum Gasteiger partial charge on any atom is 0.274 e. The molecule has 35 heavy (non-hydrogen) atoms. The molecular formula is C25H17BrClN3O4S. The van der Waals surface area contributed by atoms with Gasteiger partial charge in [-0.1, -0.05) is 41.1 Å². The minimum absolute atomic E-state index is 0.122. The van der Waals surface area contributed by atoms with Crippen LogP contribution in [0, 0.1) is 0 Å². The third-order valence-corrected chi connectivity index (χ3v) is 7.39. The fourth-order valence-corrected chi connectivity index (χ4v) is 4.98. The molecule has 7 nitrogen and oxygen atoms in total. The van der Waals surface area contributed by atoms with Crippen LogP contribution in [0.4, 0.5) is 5.69 Å². The van der Waals surface area contributed by atoms with Crippen molar-refractivity contribution in [3.05, 3.63) is 90.6 Å². The van der Waals surface area contributed by atoms with Gasteiger partial charge in [-0.25, -0.2) is 9.38 Å². The standard InChI is InChI=1S/C25H17BrClN3O4S/c1-33-21-10-14(11-22-24(32)30-19-5-3-2-4-18(19)29-25(30)35-22)6-9-20(21)34-13-23(31)28-15-7-8-16(26)17(27)12-15/h2-12H,13H2,1H3,(H,28,31)/b22-11-. The van der Waals surface area contributed by atoms with Crippen molar-refractivity contribution in [2.24, 2.45) is 0 Å². The number of amides is 1. The highest BCUT2D eigenvalue weighted by atomic mass is 79.9. The van der Waals surface area contributed by atoms with Gasteiger partial charge in [0.2, 0.25) is 0 Å². The van der Waals surface area contributed by atoms with E-state index in [0.29, 0.717) is 31.7 Å². The Bertz CT molecular complexity index is 1700. The van der Waals surface area contributed by atoms with Crippen LogP contribution in [0.15, 0.2) is 69.9 Å². The maximum atomic E-state index is 13.0. The van der Waals surface area contributed by atoms with E-state index in [9.17, 15) is 9.59 Å². The summed E-state index contributed by atoms with van der Waals surface area (Å²) in [6.07, 6.45) is 1.78. The number of imidazole rings is 1. The topological polar surface area (TPSA) is 81.9 Å². The molecule has 0 saturated carbocycles. The largest absolute Gasteiger partial charge is 0.493 e. The SMILES string of the molecule is COc1cc(/C=c2\sc3nc4ccccc4n3c2=O)ccc1OCC(=O)Nc1ccc(Br)c(Cl)c1. The summed E-state index contributed by atoms with van der Waals surface area (Å²) in [5.74, 6) is 0.506. The van der Waals surface area contributed by atoms with E-state index in [1.165, 1.54) is 18.4 Å². The number of thiazole rings is 1. The number of fused-ring (bicyclic) bond motifs is 3. The number of carbonyl (C=O) groups excluding carboxylic acids is 1. The Labute approximate surface area is 216 Å². The van der Waals surface area contributed by atoms with Gasteiger partial charge in [-0.3, -0.25) is 9.59 Å². The van der Waals surface area contributed by atoms with E-state index in [0.717, 1.165) is 21.1 Å². The van der Waals surface area contributed by atoms with Crippen LogP contribution in [0.2, 0.25) is 5.02 Å². The molecule has 176 valence electrons. The van der Waals surface area contributed by atoms with Crippen LogP contribution in [0.3, 0.4) is 0 Å². The van der Waals surface area contributed by atoms with Crippen molar-refractivity contribution in [1.29, 1.82) is 0 Å². The summed E-state index contributed by atoms with van der Waals surface area (Å²) in [4.78, 5) is 30.5. The molecule has 0 bridgehead atoms. The van der Waals surface area contributed by atoms with E-state index in [-0.39, 0.29) is 18.1 Å². The summed E-state index contributed by atoms with van der Waals surface area (Å²) >= 11 is 10.7. The molecule has 1 amide bonds. The molecule has 0 fully saturated rings.